The van der Waals surface area contributed by atoms with Crippen LogP contribution in [0.2, 0.25) is 0 Å². The minimum Gasteiger partial charge on any atom is -0.493 e. The van der Waals surface area contributed by atoms with Crippen LogP contribution >= 0.6 is 0 Å². The van der Waals surface area contributed by atoms with Crippen LogP contribution < -0.4 is 14.8 Å². The fourth-order valence-electron chi connectivity index (χ4n) is 3.68. The van der Waals surface area contributed by atoms with Crippen molar-refractivity contribution >= 4 is 16.5 Å². The van der Waals surface area contributed by atoms with Gasteiger partial charge < -0.3 is 14.8 Å². The van der Waals surface area contributed by atoms with E-state index in [0.29, 0.717) is 0 Å². The van der Waals surface area contributed by atoms with Gasteiger partial charge in [-0.3, -0.25) is 0 Å². The third-order valence-corrected chi connectivity index (χ3v) is 5.11. The van der Waals surface area contributed by atoms with Crippen molar-refractivity contribution in [2.24, 2.45) is 0 Å². The molecular formula is C24H27NO2. The lowest BCUT2D eigenvalue weighted by Crippen LogP contribution is -2.13. The molecule has 3 aromatic carbocycles. The van der Waals surface area contributed by atoms with Crippen molar-refractivity contribution in [1.82, 2.24) is 0 Å². The third kappa shape index (κ3) is 4.36. The van der Waals surface area contributed by atoms with Crippen LogP contribution in [-0.2, 0) is 6.42 Å². The molecule has 27 heavy (non-hydrogen) atoms. The lowest BCUT2D eigenvalue weighted by Gasteiger charge is -2.21. The normalized spacial score (nSPS) is 13.0. The molecule has 0 atom stereocenters. The van der Waals surface area contributed by atoms with Gasteiger partial charge in [-0.15, -0.1) is 0 Å². The summed E-state index contributed by atoms with van der Waals surface area (Å²) in [4.78, 5) is 0. The minimum atomic E-state index is 0.749. The largest absolute Gasteiger partial charge is 0.493 e. The molecule has 4 rings (SSSR count). The number of anilines is 1. The Morgan fingerprint density at radius 1 is 0.741 bits per heavy atom. The van der Waals surface area contributed by atoms with E-state index in [2.05, 4.69) is 66.0 Å². The molecule has 0 unspecified atom stereocenters. The van der Waals surface area contributed by atoms with Crippen LogP contribution in [0.5, 0.6) is 11.5 Å². The molecule has 0 spiro atoms. The van der Waals surface area contributed by atoms with E-state index < -0.39 is 0 Å². The molecule has 0 radical (unpaired) electrons. The first kappa shape index (κ1) is 17.7. The predicted octanol–water partition coefficient (Wildman–Crippen LogP) is 5.83. The number of benzene rings is 3. The number of rotatable bonds is 8. The number of nitrogens with one attached hydrogen (secondary N) is 1. The van der Waals surface area contributed by atoms with Crippen molar-refractivity contribution in [2.75, 3.05) is 25.1 Å². The Morgan fingerprint density at radius 3 is 2.41 bits per heavy atom. The number of fused-ring (bicyclic) bond motifs is 2. The monoisotopic (exact) mass is 361 g/mol. The summed E-state index contributed by atoms with van der Waals surface area (Å²) in [5.41, 5.74) is 2.57. The van der Waals surface area contributed by atoms with Gasteiger partial charge in [0.2, 0.25) is 0 Å². The SMILES string of the molecule is c1cc2c(c(OCCCCCOc3cccc4ccccc34)c1)CCCN2. The van der Waals surface area contributed by atoms with Gasteiger partial charge in [0, 0.05) is 23.2 Å². The van der Waals surface area contributed by atoms with Gasteiger partial charge >= 0.3 is 0 Å². The molecule has 0 saturated carbocycles. The molecule has 3 nitrogen and oxygen atoms in total. The highest BCUT2D eigenvalue weighted by Crippen LogP contribution is 2.30. The van der Waals surface area contributed by atoms with Crippen LogP contribution in [-0.4, -0.2) is 19.8 Å². The van der Waals surface area contributed by atoms with E-state index >= 15 is 0 Å². The van der Waals surface area contributed by atoms with Gasteiger partial charge in [-0.05, 0) is 55.7 Å². The highest BCUT2D eigenvalue weighted by atomic mass is 16.5. The topological polar surface area (TPSA) is 30.5 Å². The second-order valence-electron chi connectivity index (χ2n) is 7.05. The summed E-state index contributed by atoms with van der Waals surface area (Å²) in [6.45, 7) is 2.58. The van der Waals surface area contributed by atoms with Gasteiger partial charge in [0.25, 0.3) is 0 Å². The standard InChI is InChI=1S/C24H27NO2/c1(4-17-26-23-14-6-10-19-9-2-3-11-20(19)23)5-18-27-24-15-7-13-22-21(24)12-8-16-25-22/h2-3,6-7,9-11,13-15,25H,1,4-5,8,12,16-18H2. The van der Waals surface area contributed by atoms with Crippen LogP contribution in [0, 0.1) is 0 Å². The van der Waals surface area contributed by atoms with Gasteiger partial charge in [-0.25, -0.2) is 0 Å². The molecule has 0 amide bonds. The summed E-state index contributed by atoms with van der Waals surface area (Å²) in [7, 11) is 0. The fraction of sp³-hybridized carbons (Fsp3) is 0.333. The van der Waals surface area contributed by atoms with E-state index in [1.807, 2.05) is 0 Å². The number of hydrogen-bond acceptors (Lipinski definition) is 3. The molecule has 140 valence electrons. The van der Waals surface area contributed by atoms with Crippen molar-refractivity contribution in [2.45, 2.75) is 32.1 Å². The molecule has 1 N–H and O–H groups in total. The van der Waals surface area contributed by atoms with E-state index in [-0.39, 0.29) is 0 Å². The van der Waals surface area contributed by atoms with Crippen molar-refractivity contribution < 1.29 is 9.47 Å². The summed E-state index contributed by atoms with van der Waals surface area (Å²) in [6.07, 6.45) is 5.49. The zero-order valence-corrected chi connectivity index (χ0v) is 15.7. The van der Waals surface area contributed by atoms with Crippen LogP contribution in [0.1, 0.15) is 31.2 Å². The summed E-state index contributed by atoms with van der Waals surface area (Å²) < 4.78 is 12.1. The molecule has 1 aliphatic rings. The van der Waals surface area contributed by atoms with Crippen molar-refractivity contribution in [1.29, 1.82) is 0 Å². The smallest absolute Gasteiger partial charge is 0.127 e. The third-order valence-electron chi connectivity index (χ3n) is 5.11. The highest BCUT2D eigenvalue weighted by Gasteiger charge is 2.13. The van der Waals surface area contributed by atoms with E-state index in [1.54, 1.807) is 0 Å². The molecule has 0 bridgehead atoms. The van der Waals surface area contributed by atoms with Crippen LogP contribution in [0.25, 0.3) is 10.8 Å². The molecule has 3 aromatic rings. The maximum Gasteiger partial charge on any atom is 0.127 e. The molecule has 1 aliphatic heterocycles. The van der Waals surface area contributed by atoms with Crippen LogP contribution in [0.3, 0.4) is 0 Å². The second kappa shape index (κ2) is 8.81. The van der Waals surface area contributed by atoms with Crippen LogP contribution in [0.4, 0.5) is 5.69 Å². The number of ether oxygens (including phenoxy) is 2. The summed E-state index contributed by atoms with van der Waals surface area (Å²) in [5, 5.41) is 5.86. The maximum atomic E-state index is 6.05. The second-order valence-corrected chi connectivity index (χ2v) is 7.05. The van der Waals surface area contributed by atoms with Gasteiger partial charge in [-0.1, -0.05) is 42.5 Å². The van der Waals surface area contributed by atoms with E-state index in [4.69, 9.17) is 9.47 Å². The molecule has 0 aliphatic carbocycles. The zero-order chi connectivity index (χ0) is 18.3. The molecular weight excluding hydrogens is 334 g/mol. The number of hydrogen-bond donors (Lipinski definition) is 1. The van der Waals surface area contributed by atoms with Crippen molar-refractivity contribution in [3.8, 4) is 11.5 Å². The Balaban J connectivity index is 1.19. The Kier molecular flexibility index (Phi) is 5.78. The molecule has 0 fully saturated rings. The molecule has 1 heterocycles. The summed E-state index contributed by atoms with van der Waals surface area (Å²) in [6, 6.07) is 20.9. The maximum absolute atomic E-state index is 6.05. The first-order valence-corrected chi connectivity index (χ1v) is 10.0. The summed E-state index contributed by atoms with van der Waals surface area (Å²) in [5.74, 6) is 2.03. The lowest BCUT2D eigenvalue weighted by atomic mass is 10.0. The van der Waals surface area contributed by atoms with Gasteiger partial charge in [-0.2, -0.15) is 0 Å². The van der Waals surface area contributed by atoms with Gasteiger partial charge in [0.15, 0.2) is 0 Å². The van der Waals surface area contributed by atoms with E-state index in [9.17, 15) is 0 Å². The van der Waals surface area contributed by atoms with Crippen molar-refractivity contribution in [3.05, 3.63) is 66.2 Å². The first-order chi connectivity index (χ1) is 13.4. The Bertz CT molecular complexity index is 885. The quantitative estimate of drug-likeness (QED) is 0.512. The summed E-state index contributed by atoms with van der Waals surface area (Å²) >= 11 is 0. The predicted molar refractivity (Wildman–Crippen MR) is 112 cm³/mol. The number of unbranched alkanes of at least 4 members (excludes halogenated alkanes) is 2. The first-order valence-electron chi connectivity index (χ1n) is 10.0. The Labute approximate surface area is 161 Å². The fourth-order valence-corrected chi connectivity index (χ4v) is 3.68. The van der Waals surface area contributed by atoms with Crippen LogP contribution in [0.15, 0.2) is 60.7 Å². The average molecular weight is 361 g/mol. The minimum absolute atomic E-state index is 0.749. The Hall–Kier alpha value is -2.68. The van der Waals surface area contributed by atoms with E-state index in [1.165, 1.54) is 28.4 Å². The van der Waals surface area contributed by atoms with Gasteiger partial charge in [0.05, 0.1) is 13.2 Å². The zero-order valence-electron chi connectivity index (χ0n) is 15.7. The lowest BCUT2D eigenvalue weighted by molar-refractivity contribution is 0.279. The van der Waals surface area contributed by atoms with E-state index in [0.717, 1.165) is 56.9 Å². The highest BCUT2D eigenvalue weighted by molar-refractivity contribution is 5.88. The molecule has 0 aromatic heterocycles. The molecule has 0 saturated heterocycles. The molecule has 3 heteroatoms. The average Bonchev–Trinajstić information content (AvgIpc) is 2.73. The van der Waals surface area contributed by atoms with Crippen molar-refractivity contribution in [3.63, 3.8) is 0 Å². The van der Waals surface area contributed by atoms with Gasteiger partial charge in [0.1, 0.15) is 11.5 Å². The Morgan fingerprint density at radius 2 is 1.48 bits per heavy atom.